The summed E-state index contributed by atoms with van der Waals surface area (Å²) in [6.07, 6.45) is 0.939. The number of aliphatic carboxylic acids is 1. The molecule has 1 rings (SSSR count). The monoisotopic (exact) mass is 258 g/mol. The second kappa shape index (κ2) is 6.04. The van der Waals surface area contributed by atoms with Crippen molar-refractivity contribution in [1.82, 2.24) is 10.2 Å². The number of ether oxygens (including phenoxy) is 1. The number of carbonyl (C=O) groups excluding carboxylic acids is 1. The molecule has 104 valence electrons. The second-order valence-electron chi connectivity index (χ2n) is 5.57. The summed E-state index contributed by atoms with van der Waals surface area (Å²) in [6.45, 7) is 7.07. The summed E-state index contributed by atoms with van der Waals surface area (Å²) in [4.78, 5) is 24.1. The minimum Gasteiger partial charge on any atom is -0.480 e. The molecule has 18 heavy (non-hydrogen) atoms. The zero-order chi connectivity index (χ0) is 13.8. The predicted octanol–water partition coefficient (Wildman–Crippen LogP) is 0.918. The number of amides is 2. The molecular formula is C12H22N2O4. The van der Waals surface area contributed by atoms with E-state index in [1.54, 1.807) is 0 Å². The highest BCUT2D eigenvalue weighted by atomic mass is 16.5. The van der Waals surface area contributed by atoms with Crippen LogP contribution in [-0.2, 0) is 9.53 Å². The van der Waals surface area contributed by atoms with Crippen LogP contribution >= 0.6 is 0 Å². The van der Waals surface area contributed by atoms with Crippen molar-refractivity contribution in [3.63, 3.8) is 0 Å². The molecule has 2 N–H and O–H groups in total. The van der Waals surface area contributed by atoms with E-state index in [0.717, 1.165) is 13.0 Å². The van der Waals surface area contributed by atoms with E-state index in [1.807, 2.05) is 20.8 Å². The molecule has 1 heterocycles. The fourth-order valence-electron chi connectivity index (χ4n) is 1.82. The van der Waals surface area contributed by atoms with Gasteiger partial charge >= 0.3 is 12.0 Å². The lowest BCUT2D eigenvalue weighted by Gasteiger charge is -2.34. The van der Waals surface area contributed by atoms with Gasteiger partial charge in [-0.15, -0.1) is 0 Å². The smallest absolute Gasteiger partial charge is 0.323 e. The number of carbonyl (C=O) groups is 2. The number of hydrogen-bond donors (Lipinski definition) is 2. The van der Waals surface area contributed by atoms with Crippen molar-refractivity contribution in [2.75, 3.05) is 26.3 Å². The van der Waals surface area contributed by atoms with Crippen LogP contribution in [0.3, 0.4) is 0 Å². The summed E-state index contributed by atoms with van der Waals surface area (Å²) in [6, 6.07) is -0.336. The molecule has 0 bridgehead atoms. The molecule has 1 unspecified atom stereocenters. The largest absolute Gasteiger partial charge is 0.480 e. The third-order valence-electron chi connectivity index (χ3n) is 2.91. The van der Waals surface area contributed by atoms with Crippen LogP contribution in [-0.4, -0.2) is 53.8 Å². The lowest BCUT2D eigenvalue weighted by Crippen LogP contribution is -2.53. The Labute approximate surface area is 107 Å². The average molecular weight is 258 g/mol. The van der Waals surface area contributed by atoms with Gasteiger partial charge in [0.05, 0.1) is 6.61 Å². The van der Waals surface area contributed by atoms with Gasteiger partial charge in [-0.2, -0.15) is 0 Å². The molecule has 1 saturated heterocycles. The molecule has 0 aromatic heterocycles. The first-order chi connectivity index (χ1) is 8.30. The molecule has 0 saturated carbocycles. The first kappa shape index (κ1) is 14.8. The Bertz CT molecular complexity index is 306. The van der Waals surface area contributed by atoms with Gasteiger partial charge in [-0.25, -0.2) is 4.79 Å². The number of rotatable bonds is 4. The van der Waals surface area contributed by atoms with Gasteiger partial charge < -0.3 is 20.1 Å². The summed E-state index contributed by atoms with van der Waals surface area (Å²) in [5.41, 5.74) is -0.519. The van der Waals surface area contributed by atoms with Crippen LogP contribution in [0.4, 0.5) is 4.79 Å². The summed E-state index contributed by atoms with van der Waals surface area (Å²) in [5.74, 6) is -0.676. The van der Waals surface area contributed by atoms with E-state index in [9.17, 15) is 9.59 Å². The Kier molecular flexibility index (Phi) is 4.95. The predicted molar refractivity (Wildman–Crippen MR) is 66.4 cm³/mol. The topological polar surface area (TPSA) is 78.9 Å². The Morgan fingerprint density at radius 2 is 2.11 bits per heavy atom. The van der Waals surface area contributed by atoms with Crippen LogP contribution < -0.4 is 5.32 Å². The molecule has 1 aliphatic heterocycles. The van der Waals surface area contributed by atoms with E-state index in [2.05, 4.69) is 5.32 Å². The number of carboxylic acids is 1. The Morgan fingerprint density at radius 1 is 1.44 bits per heavy atom. The quantitative estimate of drug-likeness (QED) is 0.786. The van der Waals surface area contributed by atoms with E-state index in [4.69, 9.17) is 9.84 Å². The molecule has 0 spiro atoms. The normalized spacial score (nSPS) is 19.6. The fraction of sp³-hybridized carbons (Fsp3) is 0.833. The van der Waals surface area contributed by atoms with Gasteiger partial charge in [0.25, 0.3) is 0 Å². The maximum absolute atomic E-state index is 12.0. The van der Waals surface area contributed by atoms with Gasteiger partial charge in [0.2, 0.25) is 0 Å². The zero-order valence-electron chi connectivity index (χ0n) is 11.2. The summed E-state index contributed by atoms with van der Waals surface area (Å²) in [5, 5.41) is 11.6. The van der Waals surface area contributed by atoms with Gasteiger partial charge in [-0.05, 0) is 27.2 Å². The van der Waals surface area contributed by atoms with Gasteiger partial charge in [-0.3, -0.25) is 4.79 Å². The summed E-state index contributed by atoms with van der Waals surface area (Å²) in [7, 11) is 0. The van der Waals surface area contributed by atoms with Crippen LogP contribution in [0.1, 0.15) is 27.2 Å². The van der Waals surface area contributed by atoms with Crippen molar-refractivity contribution < 1.29 is 19.4 Å². The van der Waals surface area contributed by atoms with E-state index in [1.165, 1.54) is 4.90 Å². The van der Waals surface area contributed by atoms with Crippen LogP contribution in [0.5, 0.6) is 0 Å². The van der Waals surface area contributed by atoms with Crippen LogP contribution in [0.25, 0.3) is 0 Å². The number of hydrogen-bond acceptors (Lipinski definition) is 3. The Balaban J connectivity index is 2.50. The van der Waals surface area contributed by atoms with Crippen molar-refractivity contribution in [1.29, 1.82) is 0 Å². The van der Waals surface area contributed by atoms with Crippen molar-refractivity contribution >= 4 is 12.0 Å². The summed E-state index contributed by atoms with van der Waals surface area (Å²) < 4.78 is 5.22. The van der Waals surface area contributed by atoms with Crippen molar-refractivity contribution in [2.45, 2.75) is 32.7 Å². The van der Waals surface area contributed by atoms with Crippen LogP contribution in [0.2, 0.25) is 0 Å². The molecule has 0 radical (unpaired) electrons. The van der Waals surface area contributed by atoms with Crippen LogP contribution in [0.15, 0.2) is 0 Å². The molecule has 6 nitrogen and oxygen atoms in total. The first-order valence-electron chi connectivity index (χ1n) is 6.15. The fourth-order valence-corrected chi connectivity index (χ4v) is 1.82. The highest BCUT2D eigenvalue weighted by molar-refractivity contribution is 5.80. The van der Waals surface area contributed by atoms with Crippen molar-refractivity contribution in [2.24, 2.45) is 5.92 Å². The van der Waals surface area contributed by atoms with E-state index >= 15 is 0 Å². The van der Waals surface area contributed by atoms with E-state index in [-0.39, 0.29) is 12.6 Å². The lowest BCUT2D eigenvalue weighted by molar-refractivity contribution is -0.138. The minimum atomic E-state index is -1.01. The molecule has 1 aliphatic rings. The molecule has 0 aromatic rings. The standard InChI is InChI=1S/C12H22N2O4/c1-12(2,3)14(7-10(15)16)11(17)13-6-9-4-5-18-8-9/h9H,4-8H2,1-3H3,(H,13,17)(H,15,16). The molecular weight excluding hydrogens is 236 g/mol. The van der Waals surface area contributed by atoms with Crippen LogP contribution in [0, 0.1) is 5.92 Å². The van der Waals surface area contributed by atoms with Gasteiger partial charge in [-0.1, -0.05) is 0 Å². The molecule has 6 heteroatoms. The number of nitrogens with zero attached hydrogens (tertiary/aromatic N) is 1. The molecule has 1 fully saturated rings. The van der Waals surface area contributed by atoms with Gasteiger partial charge in [0.1, 0.15) is 6.54 Å². The van der Waals surface area contributed by atoms with Gasteiger partial charge in [0.15, 0.2) is 0 Å². The Hall–Kier alpha value is -1.30. The van der Waals surface area contributed by atoms with Gasteiger partial charge in [0, 0.05) is 24.6 Å². The lowest BCUT2D eigenvalue weighted by atomic mass is 10.1. The second-order valence-corrected chi connectivity index (χ2v) is 5.57. The maximum Gasteiger partial charge on any atom is 0.323 e. The van der Waals surface area contributed by atoms with Crippen molar-refractivity contribution in [3.8, 4) is 0 Å². The zero-order valence-corrected chi connectivity index (χ0v) is 11.2. The Morgan fingerprint density at radius 3 is 2.56 bits per heavy atom. The molecule has 1 atom stereocenters. The highest BCUT2D eigenvalue weighted by Crippen LogP contribution is 2.14. The van der Waals surface area contributed by atoms with E-state index in [0.29, 0.717) is 19.1 Å². The average Bonchev–Trinajstić information content (AvgIpc) is 2.73. The van der Waals surface area contributed by atoms with Crippen molar-refractivity contribution in [3.05, 3.63) is 0 Å². The number of carboxylic acid groups (broad SMARTS) is 1. The summed E-state index contributed by atoms with van der Waals surface area (Å²) >= 11 is 0. The molecule has 0 aliphatic carbocycles. The molecule has 0 aromatic carbocycles. The number of nitrogens with one attached hydrogen (secondary N) is 1. The molecule has 2 amide bonds. The SMILES string of the molecule is CC(C)(C)N(CC(=O)O)C(=O)NCC1CCOC1. The number of urea groups is 1. The highest BCUT2D eigenvalue weighted by Gasteiger charge is 2.29. The van der Waals surface area contributed by atoms with E-state index < -0.39 is 11.5 Å². The maximum atomic E-state index is 12.0. The third-order valence-corrected chi connectivity index (χ3v) is 2.91. The third kappa shape index (κ3) is 4.52. The first-order valence-corrected chi connectivity index (χ1v) is 6.15. The minimum absolute atomic E-state index is 0.295.